The van der Waals surface area contributed by atoms with Gasteiger partial charge in [-0.25, -0.2) is 0 Å². The molecule has 0 aliphatic heterocycles. The van der Waals surface area contributed by atoms with E-state index in [1.165, 1.54) is 0 Å². The third-order valence-electron chi connectivity index (χ3n) is 12.0. The summed E-state index contributed by atoms with van der Waals surface area (Å²) in [6.45, 7) is 17.7. The molecule has 8 unspecified atom stereocenters. The average Bonchev–Trinajstić information content (AvgIpc) is 3.11. The number of hydrogen-bond donors (Lipinski definition) is 2. The largest absolute Gasteiger partial charge is 0.481 e. The average molecular weight is 487 g/mol. The zero-order chi connectivity index (χ0) is 26.1. The van der Waals surface area contributed by atoms with Gasteiger partial charge < -0.3 is 10.2 Å². The lowest BCUT2D eigenvalue weighted by Gasteiger charge is -2.68. The Morgan fingerprint density at radius 3 is 2.11 bits per heavy atom. The summed E-state index contributed by atoms with van der Waals surface area (Å²) in [5, 5.41) is 21.2. The summed E-state index contributed by atoms with van der Waals surface area (Å²) in [5.74, 6) is 1.25. The van der Waals surface area contributed by atoms with Gasteiger partial charge >= 0.3 is 5.97 Å². The minimum absolute atomic E-state index is 0.0542. The van der Waals surface area contributed by atoms with Crippen molar-refractivity contribution in [3.8, 4) is 0 Å². The van der Waals surface area contributed by atoms with E-state index in [2.05, 4.69) is 41.5 Å². The molecule has 4 nitrogen and oxygen atoms in total. The van der Waals surface area contributed by atoms with Crippen molar-refractivity contribution < 1.29 is 19.8 Å². The number of aliphatic hydroxyl groups excluding tert-OH is 1. The number of carbonyl (C=O) groups excluding carboxylic acids is 1. The van der Waals surface area contributed by atoms with E-state index in [0.29, 0.717) is 24.2 Å². The molecule has 5 rings (SSSR count). The quantitative estimate of drug-likeness (QED) is 0.438. The van der Waals surface area contributed by atoms with Crippen LogP contribution in [-0.2, 0) is 9.59 Å². The lowest BCUT2D eigenvalue weighted by Crippen LogP contribution is -2.62. The van der Waals surface area contributed by atoms with Crippen LogP contribution in [0.4, 0.5) is 0 Å². The van der Waals surface area contributed by atoms with Gasteiger partial charge in [0, 0.05) is 6.42 Å². The molecule has 5 aliphatic rings. The lowest BCUT2D eigenvalue weighted by atomic mass is 9.36. The first kappa shape index (κ1) is 26.9. The van der Waals surface area contributed by atoms with Crippen molar-refractivity contribution in [2.45, 2.75) is 119 Å². The van der Waals surface area contributed by atoms with Crippen molar-refractivity contribution in [2.24, 2.45) is 51.2 Å². The van der Waals surface area contributed by atoms with E-state index < -0.39 is 11.4 Å². The summed E-state index contributed by atoms with van der Waals surface area (Å²) in [5.41, 5.74) is 1.30. The maximum Gasteiger partial charge on any atom is 0.314 e. The number of carbonyl (C=O) groups is 2. The minimum atomic E-state index is -0.945. The van der Waals surface area contributed by atoms with Crippen LogP contribution in [0.1, 0.15) is 113 Å². The Kier molecular flexibility index (Phi) is 6.69. The third kappa shape index (κ3) is 3.47. The van der Waals surface area contributed by atoms with Gasteiger partial charge in [0.1, 0.15) is 0 Å². The van der Waals surface area contributed by atoms with Crippen LogP contribution in [-0.4, -0.2) is 28.1 Å². The molecule has 4 saturated carbocycles. The van der Waals surface area contributed by atoms with Gasteiger partial charge in [-0.3, -0.25) is 9.59 Å². The Labute approximate surface area is 213 Å². The highest BCUT2D eigenvalue weighted by Gasteiger charge is 2.67. The standard InChI is InChI=1S/C29H44O4.C2H6/c1-16(2)23-19(30)15-29(25(32)33)14-9-18-17(24(23)29)7-8-21-27(18,5)12-10-20-26(3,4)22(31)11-13-28(20,21)6;1-2/h16-18,20-22,31H,7-15H2,1-6H3,(H,32,33);1-2H3. The van der Waals surface area contributed by atoms with E-state index in [1.807, 2.05) is 13.8 Å². The summed E-state index contributed by atoms with van der Waals surface area (Å²) in [6.07, 6.45) is 7.94. The van der Waals surface area contributed by atoms with Gasteiger partial charge in [0.05, 0.1) is 11.5 Å². The van der Waals surface area contributed by atoms with Crippen molar-refractivity contribution >= 4 is 11.8 Å². The Balaban J connectivity index is 0.00000141. The molecule has 198 valence electrons. The van der Waals surface area contributed by atoms with E-state index in [0.717, 1.165) is 56.1 Å². The van der Waals surface area contributed by atoms with Crippen LogP contribution >= 0.6 is 0 Å². The number of allylic oxidation sites excluding steroid dienone is 1. The molecule has 4 fully saturated rings. The highest BCUT2D eigenvalue weighted by Crippen LogP contribution is 2.72. The Morgan fingerprint density at radius 1 is 0.886 bits per heavy atom. The second-order valence-corrected chi connectivity index (χ2v) is 13.8. The van der Waals surface area contributed by atoms with E-state index in [1.54, 1.807) is 0 Å². The first-order chi connectivity index (χ1) is 16.3. The number of aliphatic carboxylic acids is 1. The van der Waals surface area contributed by atoms with Crippen LogP contribution in [0.15, 0.2) is 11.1 Å². The molecule has 0 radical (unpaired) electrons. The molecule has 35 heavy (non-hydrogen) atoms. The molecular weight excluding hydrogens is 436 g/mol. The monoisotopic (exact) mass is 486 g/mol. The topological polar surface area (TPSA) is 74.6 Å². The van der Waals surface area contributed by atoms with Gasteiger partial charge in [-0.1, -0.05) is 55.4 Å². The van der Waals surface area contributed by atoms with Crippen LogP contribution in [0, 0.1) is 51.2 Å². The number of carboxylic acid groups (broad SMARTS) is 1. The zero-order valence-electron chi connectivity index (χ0n) is 23.5. The van der Waals surface area contributed by atoms with Crippen LogP contribution < -0.4 is 0 Å². The normalized spacial score (nSPS) is 46.1. The maximum absolute atomic E-state index is 13.1. The maximum atomic E-state index is 13.1. The summed E-state index contributed by atoms with van der Waals surface area (Å²) in [4.78, 5) is 25.8. The predicted octanol–water partition coefficient (Wildman–Crippen LogP) is 7.05. The van der Waals surface area contributed by atoms with Crippen LogP contribution in [0.25, 0.3) is 0 Å². The zero-order valence-corrected chi connectivity index (χ0v) is 23.5. The van der Waals surface area contributed by atoms with Crippen LogP contribution in [0.2, 0.25) is 0 Å². The summed E-state index contributed by atoms with van der Waals surface area (Å²) in [7, 11) is 0. The molecule has 0 bridgehead atoms. The molecule has 0 aromatic carbocycles. The van der Waals surface area contributed by atoms with E-state index in [-0.39, 0.29) is 46.4 Å². The number of carboxylic acids is 1. The summed E-state index contributed by atoms with van der Waals surface area (Å²) >= 11 is 0. The molecule has 2 N–H and O–H groups in total. The first-order valence-corrected chi connectivity index (χ1v) is 14.5. The molecule has 0 amide bonds. The second kappa shape index (κ2) is 8.71. The van der Waals surface area contributed by atoms with Crippen molar-refractivity contribution in [3.05, 3.63) is 11.1 Å². The molecule has 8 atom stereocenters. The van der Waals surface area contributed by atoms with Crippen molar-refractivity contribution in [2.75, 3.05) is 0 Å². The van der Waals surface area contributed by atoms with E-state index in [4.69, 9.17) is 0 Å². The SMILES string of the molecule is CC.CC(C)C1=C2C3CCC4C(C)(CCC5C(C)(C)C(O)CCC54C)C3CCC2(C(=O)O)CC1=O. The van der Waals surface area contributed by atoms with Gasteiger partial charge in [-0.05, 0) is 108 Å². The molecule has 4 heteroatoms. The van der Waals surface area contributed by atoms with E-state index >= 15 is 0 Å². The van der Waals surface area contributed by atoms with Gasteiger partial charge in [-0.15, -0.1) is 0 Å². The van der Waals surface area contributed by atoms with Crippen molar-refractivity contribution in [1.82, 2.24) is 0 Å². The highest BCUT2D eigenvalue weighted by molar-refractivity contribution is 6.05. The molecule has 5 aliphatic carbocycles. The summed E-state index contributed by atoms with van der Waals surface area (Å²) < 4.78 is 0. The van der Waals surface area contributed by atoms with Gasteiger partial charge in [0.15, 0.2) is 5.78 Å². The second-order valence-electron chi connectivity index (χ2n) is 13.8. The predicted molar refractivity (Wildman–Crippen MR) is 140 cm³/mol. The Hall–Kier alpha value is -1.16. The molecular formula is C31H50O4. The molecule has 0 spiro atoms. The van der Waals surface area contributed by atoms with Gasteiger partial charge in [0.2, 0.25) is 0 Å². The Morgan fingerprint density at radius 2 is 1.51 bits per heavy atom. The highest BCUT2D eigenvalue weighted by atomic mass is 16.4. The number of hydrogen-bond acceptors (Lipinski definition) is 3. The molecule has 0 aromatic rings. The molecule has 0 saturated heterocycles. The number of ketones is 1. The van der Waals surface area contributed by atoms with Gasteiger partial charge in [-0.2, -0.15) is 0 Å². The lowest BCUT2D eigenvalue weighted by molar-refractivity contribution is -0.203. The first-order valence-electron chi connectivity index (χ1n) is 14.5. The van der Waals surface area contributed by atoms with Crippen LogP contribution in [0.3, 0.4) is 0 Å². The van der Waals surface area contributed by atoms with Crippen molar-refractivity contribution in [3.63, 3.8) is 0 Å². The van der Waals surface area contributed by atoms with Crippen molar-refractivity contribution in [1.29, 1.82) is 0 Å². The number of rotatable bonds is 2. The Bertz CT molecular complexity index is 915. The molecule has 0 aromatic heterocycles. The van der Waals surface area contributed by atoms with E-state index in [9.17, 15) is 19.8 Å². The third-order valence-corrected chi connectivity index (χ3v) is 12.0. The fourth-order valence-corrected chi connectivity index (χ4v) is 10.5. The molecule has 0 heterocycles. The number of Topliss-reactive ketones (excluding diaryl/α,β-unsaturated/α-hetero) is 1. The smallest absolute Gasteiger partial charge is 0.314 e. The van der Waals surface area contributed by atoms with Crippen LogP contribution in [0.5, 0.6) is 0 Å². The minimum Gasteiger partial charge on any atom is -0.481 e. The number of aliphatic hydroxyl groups is 1. The fourth-order valence-electron chi connectivity index (χ4n) is 10.5. The number of fused-ring (bicyclic) bond motifs is 7. The van der Waals surface area contributed by atoms with Gasteiger partial charge in [0.25, 0.3) is 0 Å². The fraction of sp³-hybridized carbons (Fsp3) is 0.871. The summed E-state index contributed by atoms with van der Waals surface area (Å²) in [6, 6.07) is 0.